The molecular formula is C31H42F2N2O6. The summed E-state index contributed by atoms with van der Waals surface area (Å²) in [4.78, 5) is 28.4. The van der Waals surface area contributed by atoms with Gasteiger partial charge in [0.25, 0.3) is 11.8 Å². The highest BCUT2D eigenvalue weighted by Crippen LogP contribution is 2.18. The maximum Gasteiger partial charge on any atom is 0.253 e. The smallest absolute Gasteiger partial charge is 0.253 e. The quantitative estimate of drug-likeness (QED) is 0.299. The average molecular weight is 577 g/mol. The van der Waals surface area contributed by atoms with Crippen molar-refractivity contribution in [1.82, 2.24) is 10.2 Å². The number of aliphatic hydroxyl groups is 2. The molecule has 2 aromatic rings. The van der Waals surface area contributed by atoms with E-state index in [0.29, 0.717) is 44.0 Å². The van der Waals surface area contributed by atoms with Crippen LogP contribution in [-0.4, -0.2) is 84.7 Å². The SMILES string of the molecule is CCCN(CCC)C(=O)c1cc(C)cc(C(=O)N[C@@H](Cc2cc(F)cc(F)c2)[C@@H](O)[C@@H](O)COCC2CCOC2)c1. The van der Waals surface area contributed by atoms with Crippen molar-refractivity contribution in [3.8, 4) is 0 Å². The standard InChI is InChI=1S/C31H42F2N2O6/c1-4-7-35(8-5-2)31(39)24-11-20(3)10-23(15-24)30(38)34-27(14-22-12-25(32)16-26(33)13-22)29(37)28(36)19-41-18-21-6-9-40-17-21/h10-13,15-16,21,27-29,36-37H,4-9,14,17-19H2,1-3H3,(H,34,38)/t21?,27-,28-,29+/m0/s1. The first-order chi connectivity index (χ1) is 19.6. The van der Waals surface area contributed by atoms with Crippen molar-refractivity contribution < 1.29 is 38.1 Å². The van der Waals surface area contributed by atoms with Crippen molar-refractivity contribution in [2.45, 2.75) is 64.7 Å². The summed E-state index contributed by atoms with van der Waals surface area (Å²) in [6, 6.07) is 6.66. The molecule has 1 aliphatic heterocycles. The average Bonchev–Trinajstić information content (AvgIpc) is 3.44. The second-order valence-corrected chi connectivity index (χ2v) is 10.8. The van der Waals surface area contributed by atoms with Gasteiger partial charge in [-0.2, -0.15) is 0 Å². The van der Waals surface area contributed by atoms with E-state index in [-0.39, 0.29) is 36.0 Å². The summed E-state index contributed by atoms with van der Waals surface area (Å²) in [6.45, 7) is 8.31. The Morgan fingerprint density at radius 1 is 1.05 bits per heavy atom. The van der Waals surface area contributed by atoms with E-state index in [1.807, 2.05) is 13.8 Å². The summed E-state index contributed by atoms with van der Waals surface area (Å²) in [5, 5.41) is 24.4. The van der Waals surface area contributed by atoms with Crippen LogP contribution in [0.1, 0.15) is 65.0 Å². The van der Waals surface area contributed by atoms with Gasteiger partial charge in [0.2, 0.25) is 0 Å². The molecule has 0 bridgehead atoms. The summed E-state index contributed by atoms with van der Waals surface area (Å²) >= 11 is 0. The number of aliphatic hydroxyl groups excluding tert-OH is 2. The van der Waals surface area contributed by atoms with E-state index in [1.165, 1.54) is 6.07 Å². The molecule has 3 rings (SSSR count). The van der Waals surface area contributed by atoms with Gasteiger partial charge in [-0.1, -0.05) is 13.8 Å². The maximum atomic E-state index is 13.9. The number of aryl methyl sites for hydroxylation is 1. The van der Waals surface area contributed by atoms with Crippen LogP contribution in [0.15, 0.2) is 36.4 Å². The van der Waals surface area contributed by atoms with Crippen LogP contribution in [0.25, 0.3) is 0 Å². The first-order valence-corrected chi connectivity index (χ1v) is 14.3. The third-order valence-electron chi connectivity index (χ3n) is 7.03. The predicted molar refractivity (Wildman–Crippen MR) is 151 cm³/mol. The fourth-order valence-corrected chi connectivity index (χ4v) is 5.00. The Morgan fingerprint density at radius 3 is 2.32 bits per heavy atom. The highest BCUT2D eigenvalue weighted by Gasteiger charge is 2.30. The Bertz CT molecular complexity index is 1130. The van der Waals surface area contributed by atoms with Crippen LogP contribution < -0.4 is 5.32 Å². The van der Waals surface area contributed by atoms with Crippen molar-refractivity contribution in [3.05, 3.63) is 70.3 Å². The first kappa shape index (κ1) is 32.6. The second kappa shape index (κ2) is 15.9. The van der Waals surface area contributed by atoms with E-state index in [1.54, 1.807) is 24.0 Å². The van der Waals surface area contributed by atoms with Gasteiger partial charge >= 0.3 is 0 Å². The molecule has 1 saturated heterocycles. The van der Waals surface area contributed by atoms with Gasteiger partial charge < -0.3 is 29.9 Å². The summed E-state index contributed by atoms with van der Waals surface area (Å²) in [6.07, 6.45) is -0.615. The summed E-state index contributed by atoms with van der Waals surface area (Å²) in [7, 11) is 0. The molecule has 41 heavy (non-hydrogen) atoms. The van der Waals surface area contributed by atoms with Crippen molar-refractivity contribution >= 4 is 11.8 Å². The molecule has 3 N–H and O–H groups in total. The molecule has 2 aromatic carbocycles. The monoisotopic (exact) mass is 576 g/mol. The molecule has 0 aliphatic carbocycles. The Kier molecular flexibility index (Phi) is 12.6. The number of benzene rings is 2. The highest BCUT2D eigenvalue weighted by atomic mass is 19.1. The number of rotatable bonds is 15. The zero-order valence-corrected chi connectivity index (χ0v) is 24.1. The molecule has 4 atom stereocenters. The zero-order valence-electron chi connectivity index (χ0n) is 24.1. The van der Waals surface area contributed by atoms with Crippen molar-refractivity contribution in [1.29, 1.82) is 0 Å². The van der Waals surface area contributed by atoms with Gasteiger partial charge in [-0.15, -0.1) is 0 Å². The van der Waals surface area contributed by atoms with E-state index in [4.69, 9.17) is 9.47 Å². The highest BCUT2D eigenvalue weighted by molar-refractivity contribution is 6.00. The maximum absolute atomic E-state index is 13.9. The van der Waals surface area contributed by atoms with E-state index in [9.17, 15) is 28.6 Å². The largest absolute Gasteiger partial charge is 0.388 e. The Labute approximate surface area is 240 Å². The molecule has 1 heterocycles. The number of nitrogens with zero attached hydrogens (tertiary/aromatic N) is 1. The lowest BCUT2D eigenvalue weighted by Gasteiger charge is -2.28. The zero-order chi connectivity index (χ0) is 29.9. The van der Waals surface area contributed by atoms with Crippen LogP contribution in [0, 0.1) is 24.5 Å². The summed E-state index contributed by atoms with van der Waals surface area (Å²) in [5.74, 6) is -2.18. The van der Waals surface area contributed by atoms with Crippen molar-refractivity contribution in [2.75, 3.05) is 39.5 Å². The third kappa shape index (κ3) is 9.85. The molecule has 0 aromatic heterocycles. The topological polar surface area (TPSA) is 108 Å². The number of amides is 2. The van der Waals surface area contributed by atoms with Gasteiger partial charge in [-0.25, -0.2) is 8.78 Å². The Hall–Kier alpha value is -2.92. The van der Waals surface area contributed by atoms with Gasteiger partial charge in [0.1, 0.15) is 23.8 Å². The fourth-order valence-electron chi connectivity index (χ4n) is 5.00. The number of halogens is 2. The van der Waals surface area contributed by atoms with Crippen LogP contribution in [0.2, 0.25) is 0 Å². The Morgan fingerprint density at radius 2 is 1.71 bits per heavy atom. The lowest BCUT2D eigenvalue weighted by molar-refractivity contribution is -0.0562. The molecule has 0 spiro atoms. The van der Waals surface area contributed by atoms with E-state index in [2.05, 4.69) is 5.32 Å². The minimum atomic E-state index is -1.51. The fraction of sp³-hybridized carbons (Fsp3) is 0.548. The van der Waals surface area contributed by atoms with Gasteiger partial charge in [-0.05, 0) is 74.1 Å². The summed E-state index contributed by atoms with van der Waals surface area (Å²) < 4.78 is 38.7. The lowest BCUT2D eigenvalue weighted by atomic mass is 9.96. The van der Waals surface area contributed by atoms with Crippen molar-refractivity contribution in [2.24, 2.45) is 5.92 Å². The lowest BCUT2D eigenvalue weighted by Crippen LogP contribution is -2.51. The minimum absolute atomic E-state index is 0.159. The number of ether oxygens (including phenoxy) is 2. The minimum Gasteiger partial charge on any atom is -0.388 e. The number of carbonyl (C=O) groups is 2. The number of hydrogen-bond acceptors (Lipinski definition) is 6. The van der Waals surface area contributed by atoms with Gasteiger partial charge in [0.05, 0.1) is 25.9 Å². The van der Waals surface area contributed by atoms with Crippen LogP contribution in [0.4, 0.5) is 8.78 Å². The number of nitrogens with one attached hydrogen (secondary N) is 1. The molecule has 2 amide bonds. The van der Waals surface area contributed by atoms with Crippen molar-refractivity contribution in [3.63, 3.8) is 0 Å². The predicted octanol–water partition coefficient (Wildman–Crippen LogP) is 3.65. The molecule has 226 valence electrons. The number of carbonyl (C=O) groups excluding carboxylic acids is 2. The normalized spacial score (nSPS) is 17.2. The molecule has 1 aliphatic rings. The third-order valence-corrected chi connectivity index (χ3v) is 7.03. The summed E-state index contributed by atoms with van der Waals surface area (Å²) in [5.41, 5.74) is 1.45. The first-order valence-electron chi connectivity index (χ1n) is 14.3. The van der Waals surface area contributed by atoms with E-state index in [0.717, 1.165) is 37.5 Å². The van der Waals surface area contributed by atoms with Gasteiger partial charge in [-0.3, -0.25) is 9.59 Å². The van der Waals surface area contributed by atoms with E-state index < -0.39 is 35.8 Å². The van der Waals surface area contributed by atoms with Crippen LogP contribution in [0.3, 0.4) is 0 Å². The van der Waals surface area contributed by atoms with Gasteiger partial charge in [0, 0.05) is 42.8 Å². The van der Waals surface area contributed by atoms with Gasteiger partial charge in [0.15, 0.2) is 0 Å². The van der Waals surface area contributed by atoms with Crippen LogP contribution >= 0.6 is 0 Å². The van der Waals surface area contributed by atoms with Crippen LogP contribution in [-0.2, 0) is 15.9 Å². The molecule has 1 unspecified atom stereocenters. The molecule has 8 nitrogen and oxygen atoms in total. The molecule has 1 fully saturated rings. The van der Waals surface area contributed by atoms with E-state index >= 15 is 0 Å². The number of hydrogen-bond donors (Lipinski definition) is 3. The molecular weight excluding hydrogens is 534 g/mol. The van der Waals surface area contributed by atoms with Crippen LogP contribution in [0.5, 0.6) is 0 Å². The molecule has 0 radical (unpaired) electrons. The molecule has 0 saturated carbocycles. The Balaban J connectivity index is 1.80. The molecule has 10 heteroatoms. The second-order valence-electron chi connectivity index (χ2n) is 10.8.